The van der Waals surface area contributed by atoms with Gasteiger partial charge in [-0.15, -0.1) is 0 Å². The molecular weight excluding hydrogens is 324 g/mol. The number of hydrogen-bond acceptors (Lipinski definition) is 3. The molecule has 0 radical (unpaired) electrons. The van der Waals surface area contributed by atoms with Gasteiger partial charge in [-0.1, -0.05) is 26.0 Å². The van der Waals surface area contributed by atoms with Crippen LogP contribution in [0.2, 0.25) is 0 Å². The van der Waals surface area contributed by atoms with Crippen molar-refractivity contribution in [3.63, 3.8) is 0 Å². The molecule has 1 aromatic carbocycles. The predicted octanol–water partition coefficient (Wildman–Crippen LogP) is 4.95. The number of carbonyl (C=O) groups is 1. The number of ether oxygens (including phenoxy) is 2. The van der Waals surface area contributed by atoms with Crippen LogP contribution in [0.3, 0.4) is 0 Å². The van der Waals surface area contributed by atoms with E-state index in [1.165, 1.54) is 35.0 Å². The van der Waals surface area contributed by atoms with Gasteiger partial charge >= 0.3 is 5.97 Å². The molecular formula is C23H28O3. The molecule has 0 unspecified atom stereocenters. The Morgan fingerprint density at radius 3 is 2.73 bits per heavy atom. The third kappa shape index (κ3) is 2.44. The van der Waals surface area contributed by atoms with Crippen molar-refractivity contribution < 1.29 is 14.3 Å². The van der Waals surface area contributed by atoms with E-state index in [1.54, 1.807) is 7.11 Å². The first-order valence-corrected chi connectivity index (χ1v) is 9.67. The Balaban J connectivity index is 1.71. The Morgan fingerprint density at radius 2 is 2.00 bits per heavy atom. The lowest BCUT2D eigenvalue weighted by Crippen LogP contribution is -2.36. The Labute approximate surface area is 156 Å². The second-order valence-corrected chi connectivity index (χ2v) is 8.17. The number of benzene rings is 1. The van der Waals surface area contributed by atoms with Crippen molar-refractivity contribution in [3.05, 3.63) is 46.5 Å². The van der Waals surface area contributed by atoms with E-state index in [-0.39, 0.29) is 17.3 Å². The molecule has 0 fully saturated rings. The second-order valence-electron chi connectivity index (χ2n) is 8.17. The van der Waals surface area contributed by atoms with Gasteiger partial charge < -0.3 is 9.47 Å². The van der Waals surface area contributed by atoms with Gasteiger partial charge in [0.05, 0.1) is 20.1 Å². The number of aryl methyl sites for hydroxylation is 1. The van der Waals surface area contributed by atoms with Gasteiger partial charge in [-0.05, 0) is 83.4 Å². The molecule has 3 aliphatic rings. The van der Waals surface area contributed by atoms with E-state index in [4.69, 9.17) is 9.47 Å². The van der Waals surface area contributed by atoms with Gasteiger partial charge in [-0.2, -0.15) is 0 Å². The summed E-state index contributed by atoms with van der Waals surface area (Å²) in [5, 5.41) is 0. The molecule has 3 atom stereocenters. The fourth-order valence-electron chi connectivity index (χ4n) is 5.57. The standard InChI is InChI=1S/C23H28O3/c1-14(22(24)26-4)20-9-10-21-19-7-5-15-13-16(25-3)6-8-17(15)18(19)11-12-23(20,21)2/h6,8,10,13-14,20H,5,7,9,11-12H2,1-4H3/t14-,20-,23-/m1/s1. The molecule has 0 saturated carbocycles. The monoisotopic (exact) mass is 352 g/mol. The number of methoxy groups -OCH3 is 2. The molecule has 0 amide bonds. The van der Waals surface area contributed by atoms with Crippen LogP contribution in [0.4, 0.5) is 0 Å². The van der Waals surface area contributed by atoms with Gasteiger partial charge in [0, 0.05) is 0 Å². The molecule has 0 spiro atoms. The van der Waals surface area contributed by atoms with E-state index in [1.807, 2.05) is 6.92 Å². The van der Waals surface area contributed by atoms with Crippen LogP contribution in [0, 0.1) is 17.3 Å². The van der Waals surface area contributed by atoms with Crippen molar-refractivity contribution >= 4 is 11.5 Å². The minimum Gasteiger partial charge on any atom is -0.497 e. The first kappa shape index (κ1) is 17.4. The zero-order valence-electron chi connectivity index (χ0n) is 16.2. The summed E-state index contributed by atoms with van der Waals surface area (Å²) >= 11 is 0. The van der Waals surface area contributed by atoms with E-state index in [2.05, 4.69) is 31.2 Å². The summed E-state index contributed by atoms with van der Waals surface area (Å²) in [6.07, 6.45) is 7.75. The highest BCUT2D eigenvalue weighted by molar-refractivity contribution is 5.80. The quantitative estimate of drug-likeness (QED) is 0.722. The third-order valence-corrected chi connectivity index (χ3v) is 7.05. The highest BCUT2D eigenvalue weighted by atomic mass is 16.5. The van der Waals surface area contributed by atoms with Crippen LogP contribution >= 0.6 is 0 Å². The minimum absolute atomic E-state index is 0.0546. The zero-order valence-corrected chi connectivity index (χ0v) is 16.2. The normalized spacial score (nSPS) is 27.8. The van der Waals surface area contributed by atoms with E-state index < -0.39 is 0 Å². The first-order valence-electron chi connectivity index (χ1n) is 9.67. The molecule has 1 aromatic rings. The number of allylic oxidation sites excluding steroid dienone is 4. The minimum atomic E-state index is -0.0771. The average molecular weight is 352 g/mol. The van der Waals surface area contributed by atoms with E-state index >= 15 is 0 Å². The van der Waals surface area contributed by atoms with E-state index in [9.17, 15) is 4.79 Å². The number of fused-ring (bicyclic) bond motifs is 4. The number of hydrogen-bond donors (Lipinski definition) is 0. The molecule has 0 heterocycles. The van der Waals surface area contributed by atoms with Crippen LogP contribution < -0.4 is 4.74 Å². The van der Waals surface area contributed by atoms with Gasteiger partial charge in [0.25, 0.3) is 0 Å². The molecule has 3 nitrogen and oxygen atoms in total. The van der Waals surface area contributed by atoms with Crippen LogP contribution in [0.15, 0.2) is 35.4 Å². The number of carbonyl (C=O) groups excluding carboxylic acids is 1. The summed E-state index contributed by atoms with van der Waals surface area (Å²) in [5.74, 6) is 1.16. The van der Waals surface area contributed by atoms with E-state index in [0.717, 1.165) is 37.9 Å². The summed E-state index contributed by atoms with van der Waals surface area (Å²) in [4.78, 5) is 12.2. The van der Waals surface area contributed by atoms with E-state index in [0.29, 0.717) is 5.92 Å². The summed E-state index contributed by atoms with van der Waals surface area (Å²) in [5.41, 5.74) is 7.46. The smallest absolute Gasteiger partial charge is 0.308 e. The third-order valence-electron chi connectivity index (χ3n) is 7.05. The lowest BCUT2D eigenvalue weighted by atomic mass is 9.60. The largest absolute Gasteiger partial charge is 0.497 e. The zero-order chi connectivity index (χ0) is 18.5. The summed E-state index contributed by atoms with van der Waals surface area (Å²) in [7, 11) is 3.23. The van der Waals surface area contributed by atoms with Crippen LogP contribution in [0.5, 0.6) is 5.75 Å². The summed E-state index contributed by atoms with van der Waals surface area (Å²) in [6.45, 7) is 4.40. The number of rotatable bonds is 3. The maximum atomic E-state index is 12.2. The molecule has 138 valence electrons. The molecule has 0 N–H and O–H groups in total. The fourth-order valence-corrected chi connectivity index (χ4v) is 5.57. The van der Waals surface area contributed by atoms with Gasteiger partial charge in [-0.3, -0.25) is 4.79 Å². The second kappa shape index (κ2) is 6.29. The molecule has 4 rings (SSSR count). The van der Waals surface area contributed by atoms with Crippen LogP contribution in [0.1, 0.15) is 50.7 Å². The van der Waals surface area contributed by atoms with Crippen LogP contribution in [0.25, 0.3) is 5.57 Å². The van der Waals surface area contributed by atoms with Gasteiger partial charge in [0.2, 0.25) is 0 Å². The summed E-state index contributed by atoms with van der Waals surface area (Å²) < 4.78 is 10.4. The highest BCUT2D eigenvalue weighted by Gasteiger charge is 2.49. The Morgan fingerprint density at radius 1 is 1.19 bits per heavy atom. The van der Waals surface area contributed by atoms with Gasteiger partial charge in [-0.25, -0.2) is 0 Å². The first-order chi connectivity index (χ1) is 12.5. The number of esters is 1. The highest BCUT2D eigenvalue weighted by Crippen LogP contribution is 2.59. The van der Waals surface area contributed by atoms with Crippen LogP contribution in [-0.2, 0) is 16.0 Å². The molecule has 0 aromatic heterocycles. The lowest BCUT2D eigenvalue weighted by molar-refractivity contribution is -0.148. The molecule has 3 aliphatic carbocycles. The molecule has 26 heavy (non-hydrogen) atoms. The van der Waals surface area contributed by atoms with Crippen molar-refractivity contribution in [2.75, 3.05) is 14.2 Å². The Bertz CT molecular complexity index is 817. The summed E-state index contributed by atoms with van der Waals surface area (Å²) in [6, 6.07) is 6.50. The van der Waals surface area contributed by atoms with Crippen molar-refractivity contribution in [1.82, 2.24) is 0 Å². The van der Waals surface area contributed by atoms with Crippen molar-refractivity contribution in [3.8, 4) is 5.75 Å². The maximum Gasteiger partial charge on any atom is 0.308 e. The van der Waals surface area contributed by atoms with Crippen molar-refractivity contribution in [2.45, 2.75) is 46.0 Å². The fraction of sp³-hybridized carbons (Fsp3) is 0.522. The molecule has 0 aliphatic heterocycles. The molecule has 0 saturated heterocycles. The predicted molar refractivity (Wildman–Crippen MR) is 103 cm³/mol. The lowest BCUT2D eigenvalue weighted by Gasteiger charge is -2.43. The van der Waals surface area contributed by atoms with Crippen molar-refractivity contribution in [2.24, 2.45) is 17.3 Å². The van der Waals surface area contributed by atoms with Crippen LogP contribution in [-0.4, -0.2) is 20.2 Å². The van der Waals surface area contributed by atoms with Gasteiger partial charge in [0.15, 0.2) is 0 Å². The maximum absolute atomic E-state index is 12.2. The SMILES string of the molecule is COC(=O)[C@H](C)[C@H]1CC=C2C3=C(CC[C@@]21C)c1ccc(OC)cc1CC3. The van der Waals surface area contributed by atoms with Gasteiger partial charge in [0.1, 0.15) is 5.75 Å². The van der Waals surface area contributed by atoms with Crippen molar-refractivity contribution in [1.29, 1.82) is 0 Å². The Kier molecular flexibility index (Phi) is 4.21. The average Bonchev–Trinajstić information content (AvgIpc) is 3.03. The molecule has 0 bridgehead atoms. The molecule has 3 heteroatoms. The topological polar surface area (TPSA) is 35.5 Å². The Hall–Kier alpha value is -2.03.